The smallest absolute Gasteiger partial charge is 0.407 e. The van der Waals surface area contributed by atoms with Crippen LogP contribution in [0.3, 0.4) is 0 Å². The van der Waals surface area contributed by atoms with Crippen LogP contribution in [0.15, 0.2) is 12.2 Å². The van der Waals surface area contributed by atoms with Gasteiger partial charge < -0.3 is 20.1 Å². The van der Waals surface area contributed by atoms with Crippen molar-refractivity contribution in [3.63, 3.8) is 0 Å². The molecule has 0 spiro atoms. The highest BCUT2D eigenvalue weighted by Crippen LogP contribution is 2.23. The molecule has 1 rings (SSSR count). The number of hydrogen-bond donors (Lipinski definition) is 2. The molecule has 1 heterocycles. The van der Waals surface area contributed by atoms with Crippen molar-refractivity contribution in [1.29, 1.82) is 0 Å². The average molecular weight is 298 g/mol. The zero-order chi connectivity index (χ0) is 15.9. The van der Waals surface area contributed by atoms with Crippen LogP contribution in [0.4, 0.5) is 4.79 Å². The van der Waals surface area contributed by atoms with E-state index in [-0.39, 0.29) is 11.7 Å². The van der Waals surface area contributed by atoms with Crippen LogP contribution in [0.5, 0.6) is 0 Å². The molecule has 5 heteroatoms. The molecule has 0 bridgehead atoms. The quantitative estimate of drug-likeness (QED) is 0.766. The van der Waals surface area contributed by atoms with Crippen molar-refractivity contribution in [1.82, 2.24) is 10.6 Å². The maximum absolute atomic E-state index is 11.4. The van der Waals surface area contributed by atoms with E-state index in [4.69, 9.17) is 9.47 Å². The molecule has 5 nitrogen and oxygen atoms in total. The highest BCUT2D eigenvalue weighted by Gasteiger charge is 2.27. The predicted octanol–water partition coefficient (Wildman–Crippen LogP) is 2.61. The minimum absolute atomic E-state index is 0.0299. The molecule has 1 fully saturated rings. The van der Waals surface area contributed by atoms with Gasteiger partial charge in [0.2, 0.25) is 0 Å². The molecule has 1 saturated heterocycles. The zero-order valence-corrected chi connectivity index (χ0v) is 14.0. The van der Waals surface area contributed by atoms with Crippen LogP contribution in [-0.4, -0.2) is 43.0 Å². The van der Waals surface area contributed by atoms with Crippen molar-refractivity contribution < 1.29 is 14.3 Å². The fourth-order valence-electron chi connectivity index (χ4n) is 2.26. The molecule has 1 aliphatic rings. The number of carbonyl (C=O) groups excluding carboxylic acids is 1. The van der Waals surface area contributed by atoms with Crippen molar-refractivity contribution in [3.8, 4) is 0 Å². The van der Waals surface area contributed by atoms with Gasteiger partial charge in [0.1, 0.15) is 5.60 Å². The fourth-order valence-corrected chi connectivity index (χ4v) is 2.26. The van der Waals surface area contributed by atoms with Gasteiger partial charge in [0.15, 0.2) is 0 Å². The molecular weight excluding hydrogens is 268 g/mol. The summed E-state index contributed by atoms with van der Waals surface area (Å²) in [5.74, 6) is 0. The highest BCUT2D eigenvalue weighted by molar-refractivity contribution is 5.67. The van der Waals surface area contributed by atoms with Crippen molar-refractivity contribution >= 4 is 6.09 Å². The normalized spacial score (nSPS) is 22.2. The van der Waals surface area contributed by atoms with E-state index < -0.39 is 5.60 Å². The Labute approximate surface area is 128 Å². The second-order valence-electron chi connectivity index (χ2n) is 7.06. The maximum atomic E-state index is 11.4. The Morgan fingerprint density at radius 2 is 2.00 bits per heavy atom. The summed E-state index contributed by atoms with van der Waals surface area (Å²) in [5, 5.41) is 6.19. The van der Waals surface area contributed by atoms with E-state index in [1.165, 1.54) is 0 Å². The van der Waals surface area contributed by atoms with Gasteiger partial charge in [-0.2, -0.15) is 0 Å². The summed E-state index contributed by atoms with van der Waals surface area (Å²) >= 11 is 0. The van der Waals surface area contributed by atoms with Crippen LogP contribution in [-0.2, 0) is 9.47 Å². The Bertz CT molecular complexity index is 359. The average Bonchev–Trinajstić information content (AvgIpc) is 2.30. The lowest BCUT2D eigenvalue weighted by molar-refractivity contribution is -0.0624. The number of nitrogens with one attached hydrogen (secondary N) is 2. The SMILES string of the molecule is CC(C)(C)OC(=O)NC/C=C/CNC1CCOC(C)(C)C1. The van der Waals surface area contributed by atoms with Crippen molar-refractivity contribution in [2.24, 2.45) is 0 Å². The molecule has 0 saturated carbocycles. The first-order valence-electron chi connectivity index (χ1n) is 7.67. The first-order chi connectivity index (χ1) is 9.68. The summed E-state index contributed by atoms with van der Waals surface area (Å²) in [6.45, 7) is 11.9. The minimum atomic E-state index is -0.453. The largest absolute Gasteiger partial charge is 0.444 e. The highest BCUT2D eigenvalue weighted by atomic mass is 16.6. The molecule has 1 aliphatic heterocycles. The van der Waals surface area contributed by atoms with Gasteiger partial charge >= 0.3 is 6.09 Å². The number of rotatable bonds is 5. The number of ether oxygens (including phenoxy) is 2. The molecule has 2 N–H and O–H groups in total. The van der Waals surface area contributed by atoms with Gasteiger partial charge in [0.05, 0.1) is 5.60 Å². The minimum Gasteiger partial charge on any atom is -0.444 e. The molecule has 0 aliphatic carbocycles. The molecule has 0 aromatic heterocycles. The lowest BCUT2D eigenvalue weighted by Gasteiger charge is -2.35. The lowest BCUT2D eigenvalue weighted by Crippen LogP contribution is -2.43. The van der Waals surface area contributed by atoms with Crippen molar-refractivity contribution in [2.75, 3.05) is 19.7 Å². The maximum Gasteiger partial charge on any atom is 0.407 e. The van der Waals surface area contributed by atoms with E-state index in [2.05, 4.69) is 24.5 Å². The Morgan fingerprint density at radius 1 is 1.33 bits per heavy atom. The van der Waals surface area contributed by atoms with Gasteiger partial charge in [0, 0.05) is 25.7 Å². The summed E-state index contributed by atoms with van der Waals surface area (Å²) in [6.07, 6.45) is 5.65. The molecule has 0 aromatic carbocycles. The molecular formula is C16H30N2O3. The van der Waals surface area contributed by atoms with Crippen LogP contribution in [0.1, 0.15) is 47.5 Å². The van der Waals surface area contributed by atoms with E-state index in [0.29, 0.717) is 12.6 Å². The number of hydrogen-bond acceptors (Lipinski definition) is 4. The zero-order valence-electron chi connectivity index (χ0n) is 14.0. The van der Waals surface area contributed by atoms with Crippen LogP contribution < -0.4 is 10.6 Å². The van der Waals surface area contributed by atoms with Crippen LogP contribution in [0.2, 0.25) is 0 Å². The summed E-state index contributed by atoms with van der Waals surface area (Å²) in [4.78, 5) is 11.4. The molecule has 1 amide bonds. The van der Waals surface area contributed by atoms with E-state index >= 15 is 0 Å². The van der Waals surface area contributed by atoms with Crippen LogP contribution in [0, 0.1) is 0 Å². The van der Waals surface area contributed by atoms with E-state index in [1.54, 1.807) is 0 Å². The summed E-state index contributed by atoms with van der Waals surface area (Å²) in [7, 11) is 0. The standard InChI is InChI=1S/C16H30N2O3/c1-15(2,3)21-14(19)18-10-7-6-9-17-13-8-11-20-16(4,5)12-13/h6-7,13,17H,8-12H2,1-5H3,(H,18,19)/b7-6+. The van der Waals surface area contributed by atoms with E-state index in [9.17, 15) is 4.79 Å². The van der Waals surface area contributed by atoms with Gasteiger partial charge in [-0.15, -0.1) is 0 Å². The Morgan fingerprint density at radius 3 is 2.62 bits per heavy atom. The second-order valence-corrected chi connectivity index (χ2v) is 7.06. The van der Waals surface area contributed by atoms with Crippen LogP contribution >= 0.6 is 0 Å². The predicted molar refractivity (Wildman–Crippen MR) is 84.4 cm³/mol. The topological polar surface area (TPSA) is 59.6 Å². The van der Waals surface area contributed by atoms with Gasteiger partial charge in [-0.3, -0.25) is 0 Å². The number of amides is 1. The lowest BCUT2D eigenvalue weighted by atomic mass is 9.94. The van der Waals surface area contributed by atoms with Gasteiger partial charge in [-0.05, 0) is 47.5 Å². The monoisotopic (exact) mass is 298 g/mol. The summed E-state index contributed by atoms with van der Waals surface area (Å²) < 4.78 is 10.8. The third-order valence-corrected chi connectivity index (χ3v) is 3.15. The third kappa shape index (κ3) is 8.73. The van der Waals surface area contributed by atoms with E-state index in [0.717, 1.165) is 26.0 Å². The van der Waals surface area contributed by atoms with Crippen molar-refractivity contribution in [2.45, 2.75) is 64.7 Å². The Hall–Kier alpha value is -1.07. The van der Waals surface area contributed by atoms with Gasteiger partial charge in [-0.25, -0.2) is 4.79 Å². The Balaban J connectivity index is 2.11. The molecule has 1 atom stereocenters. The first kappa shape index (κ1) is 18.0. The first-order valence-corrected chi connectivity index (χ1v) is 7.67. The number of alkyl carbamates (subject to hydrolysis) is 1. The molecule has 1 unspecified atom stereocenters. The van der Waals surface area contributed by atoms with Crippen LogP contribution in [0.25, 0.3) is 0 Å². The van der Waals surface area contributed by atoms with Crippen molar-refractivity contribution in [3.05, 3.63) is 12.2 Å². The fraction of sp³-hybridized carbons (Fsp3) is 0.812. The van der Waals surface area contributed by atoms with Gasteiger partial charge in [-0.1, -0.05) is 12.2 Å². The Kier molecular flexibility index (Phi) is 6.68. The molecule has 0 aromatic rings. The molecule has 0 radical (unpaired) electrons. The summed E-state index contributed by atoms with van der Waals surface area (Å²) in [5.41, 5.74) is -0.483. The summed E-state index contributed by atoms with van der Waals surface area (Å²) in [6, 6.07) is 0.497. The van der Waals surface area contributed by atoms with E-state index in [1.807, 2.05) is 32.9 Å². The molecule has 21 heavy (non-hydrogen) atoms. The van der Waals surface area contributed by atoms with Gasteiger partial charge in [0.25, 0.3) is 0 Å². The second kappa shape index (κ2) is 7.80. The third-order valence-electron chi connectivity index (χ3n) is 3.15. The number of carbonyl (C=O) groups is 1. The molecule has 122 valence electrons.